The molecule has 25 heavy (non-hydrogen) atoms. The van der Waals surface area contributed by atoms with Crippen LogP contribution in [0.25, 0.3) is 12.2 Å². The van der Waals surface area contributed by atoms with E-state index in [9.17, 15) is 4.39 Å². The second-order valence-corrected chi connectivity index (χ2v) is 6.69. The SMILES string of the molecule is CC(Cc1ccc(/C=C/c2ccc(Cl)cc2)c(F)c1)c1ccccc1. The van der Waals surface area contributed by atoms with Gasteiger partial charge in [0.25, 0.3) is 0 Å². The second kappa shape index (κ2) is 8.13. The lowest BCUT2D eigenvalue weighted by Gasteiger charge is -2.12. The molecule has 1 unspecified atom stereocenters. The number of hydrogen-bond donors (Lipinski definition) is 0. The van der Waals surface area contributed by atoms with Crippen LogP contribution in [-0.2, 0) is 6.42 Å². The highest BCUT2D eigenvalue weighted by Crippen LogP contribution is 2.22. The van der Waals surface area contributed by atoms with Crippen LogP contribution in [0.1, 0.15) is 35.1 Å². The molecule has 0 aromatic heterocycles. The van der Waals surface area contributed by atoms with Crippen molar-refractivity contribution in [3.8, 4) is 0 Å². The average molecular weight is 351 g/mol. The fourth-order valence-corrected chi connectivity index (χ4v) is 2.97. The fourth-order valence-electron chi connectivity index (χ4n) is 2.85. The molecule has 0 fully saturated rings. The molecule has 2 heteroatoms. The maximum atomic E-state index is 14.4. The van der Waals surface area contributed by atoms with Crippen molar-refractivity contribution in [1.82, 2.24) is 0 Å². The van der Waals surface area contributed by atoms with Crippen LogP contribution in [0.2, 0.25) is 5.02 Å². The molecular weight excluding hydrogens is 331 g/mol. The number of halogens is 2. The molecule has 0 aliphatic heterocycles. The molecule has 0 N–H and O–H groups in total. The predicted molar refractivity (Wildman–Crippen MR) is 105 cm³/mol. The first-order chi connectivity index (χ1) is 12.1. The van der Waals surface area contributed by atoms with E-state index in [2.05, 4.69) is 19.1 Å². The molecule has 0 radical (unpaired) electrons. The predicted octanol–water partition coefficient (Wildman–Crippen LogP) is 7.00. The van der Waals surface area contributed by atoms with Crippen molar-refractivity contribution in [1.29, 1.82) is 0 Å². The number of hydrogen-bond acceptors (Lipinski definition) is 0. The lowest BCUT2D eigenvalue weighted by molar-refractivity contribution is 0.620. The van der Waals surface area contributed by atoms with Crippen molar-refractivity contribution in [2.45, 2.75) is 19.3 Å². The van der Waals surface area contributed by atoms with Gasteiger partial charge < -0.3 is 0 Å². The zero-order valence-corrected chi connectivity index (χ0v) is 14.9. The van der Waals surface area contributed by atoms with Crippen molar-refractivity contribution in [2.75, 3.05) is 0 Å². The van der Waals surface area contributed by atoms with Gasteiger partial charge in [-0.2, -0.15) is 0 Å². The Morgan fingerprint density at radius 1 is 0.920 bits per heavy atom. The lowest BCUT2D eigenvalue weighted by atomic mass is 9.93. The van der Waals surface area contributed by atoms with Crippen LogP contribution in [0.5, 0.6) is 0 Å². The van der Waals surface area contributed by atoms with E-state index in [1.54, 1.807) is 12.1 Å². The zero-order chi connectivity index (χ0) is 17.6. The molecule has 0 saturated heterocycles. The van der Waals surface area contributed by atoms with E-state index in [-0.39, 0.29) is 5.82 Å². The number of benzene rings is 3. The molecule has 0 spiro atoms. The second-order valence-electron chi connectivity index (χ2n) is 6.26. The van der Waals surface area contributed by atoms with Crippen LogP contribution >= 0.6 is 11.6 Å². The summed E-state index contributed by atoms with van der Waals surface area (Å²) < 4.78 is 14.4. The average Bonchev–Trinajstić information content (AvgIpc) is 2.63. The molecule has 3 aromatic rings. The van der Waals surface area contributed by atoms with Gasteiger partial charge in [-0.05, 0) is 47.2 Å². The van der Waals surface area contributed by atoms with Gasteiger partial charge in [0.1, 0.15) is 5.82 Å². The summed E-state index contributed by atoms with van der Waals surface area (Å²) in [6, 6.07) is 23.3. The van der Waals surface area contributed by atoms with Gasteiger partial charge in [-0.25, -0.2) is 4.39 Å². The smallest absolute Gasteiger partial charge is 0.130 e. The standard InChI is InChI=1S/C23H20ClF/c1-17(20-5-3-2-4-6-20)15-19-8-12-21(23(25)16-19)11-7-18-9-13-22(24)14-10-18/h2-14,16-17H,15H2,1H3/b11-7+. The number of rotatable bonds is 5. The van der Waals surface area contributed by atoms with Gasteiger partial charge >= 0.3 is 0 Å². The molecule has 126 valence electrons. The first-order valence-electron chi connectivity index (χ1n) is 8.39. The molecule has 0 nitrogen and oxygen atoms in total. The Morgan fingerprint density at radius 2 is 1.64 bits per heavy atom. The molecule has 1 atom stereocenters. The Morgan fingerprint density at radius 3 is 2.32 bits per heavy atom. The third-order valence-corrected chi connectivity index (χ3v) is 4.55. The molecule has 3 aromatic carbocycles. The highest BCUT2D eigenvalue weighted by Gasteiger charge is 2.08. The van der Waals surface area contributed by atoms with Crippen molar-refractivity contribution >= 4 is 23.8 Å². The van der Waals surface area contributed by atoms with Gasteiger partial charge in [-0.1, -0.05) is 85.3 Å². The summed E-state index contributed by atoms with van der Waals surface area (Å²) in [6.07, 6.45) is 4.51. The van der Waals surface area contributed by atoms with Crippen molar-refractivity contribution in [3.05, 3.63) is 106 Å². The van der Waals surface area contributed by atoms with Gasteiger partial charge in [-0.15, -0.1) is 0 Å². The van der Waals surface area contributed by atoms with Crippen LogP contribution in [0.15, 0.2) is 72.8 Å². The normalized spacial score (nSPS) is 12.4. The van der Waals surface area contributed by atoms with Crippen molar-refractivity contribution in [2.24, 2.45) is 0 Å². The highest BCUT2D eigenvalue weighted by atomic mass is 35.5. The summed E-state index contributed by atoms with van der Waals surface area (Å²) in [5, 5.41) is 0.695. The maximum absolute atomic E-state index is 14.4. The molecule has 0 heterocycles. The Hall–Kier alpha value is -2.38. The summed E-state index contributed by atoms with van der Waals surface area (Å²) in [6.45, 7) is 2.17. The van der Waals surface area contributed by atoms with E-state index in [0.29, 0.717) is 16.5 Å². The lowest BCUT2D eigenvalue weighted by Crippen LogP contribution is -1.99. The third kappa shape index (κ3) is 4.80. The van der Waals surface area contributed by atoms with Crippen molar-refractivity contribution in [3.63, 3.8) is 0 Å². The summed E-state index contributed by atoms with van der Waals surface area (Å²) in [5.41, 5.74) is 3.86. The Bertz CT molecular complexity index is 851. The molecule has 0 amide bonds. The Balaban J connectivity index is 1.71. The monoisotopic (exact) mass is 350 g/mol. The zero-order valence-electron chi connectivity index (χ0n) is 14.1. The van der Waals surface area contributed by atoms with Crippen molar-refractivity contribution < 1.29 is 4.39 Å². The minimum absolute atomic E-state index is 0.192. The van der Waals surface area contributed by atoms with E-state index >= 15 is 0 Å². The van der Waals surface area contributed by atoms with Crippen LogP contribution in [0.3, 0.4) is 0 Å². The van der Waals surface area contributed by atoms with E-state index in [1.807, 2.05) is 60.7 Å². The topological polar surface area (TPSA) is 0 Å². The van der Waals surface area contributed by atoms with Crippen LogP contribution in [0.4, 0.5) is 4.39 Å². The summed E-state index contributed by atoms with van der Waals surface area (Å²) in [4.78, 5) is 0. The van der Waals surface area contributed by atoms with Crippen LogP contribution < -0.4 is 0 Å². The molecule has 0 aliphatic carbocycles. The van der Waals surface area contributed by atoms with Gasteiger partial charge in [0.2, 0.25) is 0 Å². The molecule has 0 saturated carbocycles. The van der Waals surface area contributed by atoms with Crippen LogP contribution in [0, 0.1) is 5.82 Å². The Kier molecular flexibility index (Phi) is 5.67. The summed E-state index contributed by atoms with van der Waals surface area (Å²) in [5.74, 6) is 0.166. The molecule has 0 bridgehead atoms. The van der Waals surface area contributed by atoms with Crippen LogP contribution in [-0.4, -0.2) is 0 Å². The van der Waals surface area contributed by atoms with E-state index in [0.717, 1.165) is 17.5 Å². The van der Waals surface area contributed by atoms with E-state index in [4.69, 9.17) is 11.6 Å². The Labute approximate surface area is 153 Å². The first kappa shape index (κ1) is 17.4. The minimum Gasteiger partial charge on any atom is -0.206 e. The summed E-state index contributed by atoms with van der Waals surface area (Å²) in [7, 11) is 0. The van der Waals surface area contributed by atoms with Gasteiger partial charge in [0, 0.05) is 10.6 Å². The third-order valence-electron chi connectivity index (χ3n) is 4.30. The summed E-state index contributed by atoms with van der Waals surface area (Å²) >= 11 is 5.87. The van der Waals surface area contributed by atoms with E-state index in [1.165, 1.54) is 5.56 Å². The fraction of sp³-hybridized carbons (Fsp3) is 0.130. The molecular formula is C23H20ClF. The minimum atomic E-state index is -0.192. The quantitative estimate of drug-likeness (QED) is 0.435. The molecule has 0 aliphatic rings. The molecule has 3 rings (SSSR count). The largest absolute Gasteiger partial charge is 0.206 e. The van der Waals surface area contributed by atoms with Gasteiger partial charge in [0.15, 0.2) is 0 Å². The van der Waals surface area contributed by atoms with Gasteiger partial charge in [-0.3, -0.25) is 0 Å². The highest BCUT2D eigenvalue weighted by molar-refractivity contribution is 6.30. The van der Waals surface area contributed by atoms with Gasteiger partial charge in [0.05, 0.1) is 0 Å². The first-order valence-corrected chi connectivity index (χ1v) is 8.76. The maximum Gasteiger partial charge on any atom is 0.130 e. The van der Waals surface area contributed by atoms with E-state index < -0.39 is 0 Å².